The minimum atomic E-state index is -0.427. The van der Waals surface area contributed by atoms with Gasteiger partial charge < -0.3 is 29.8 Å². The van der Waals surface area contributed by atoms with Gasteiger partial charge in [-0.15, -0.1) is 0 Å². The molecule has 0 saturated heterocycles. The van der Waals surface area contributed by atoms with Crippen LogP contribution in [-0.2, 0) is 19.1 Å². The fraction of sp³-hybridized carbons (Fsp3) is 0.885. The molecule has 0 aromatic carbocycles. The smallest absolute Gasteiger partial charge is 0.306 e. The van der Waals surface area contributed by atoms with Crippen LogP contribution in [0.15, 0.2) is 12.4 Å². The molecule has 1 aromatic rings. The highest BCUT2D eigenvalue weighted by molar-refractivity contribution is 5.90. The SMILES string of the molecule is CCCCCCCCCCCOC(=O)CCCCCN(CCCCCCCC(=O)OC(CCCCCCCC)CCCCCCCC)CC(O)CCCCNC(=O)c1ncc[nH]1. The third kappa shape index (κ3) is 37.0. The average Bonchev–Trinajstić information content (AvgIpc) is 3.81. The molecule has 0 spiro atoms. The molecule has 10 nitrogen and oxygen atoms in total. The van der Waals surface area contributed by atoms with Crippen molar-refractivity contribution in [3.8, 4) is 0 Å². The van der Waals surface area contributed by atoms with Crippen molar-refractivity contribution < 1.29 is 29.0 Å². The Hall–Kier alpha value is -2.46. The number of nitrogens with one attached hydrogen (secondary N) is 2. The Balaban J connectivity index is 2.39. The number of rotatable bonds is 47. The van der Waals surface area contributed by atoms with Crippen molar-refractivity contribution in [2.45, 2.75) is 264 Å². The van der Waals surface area contributed by atoms with E-state index >= 15 is 0 Å². The third-order valence-electron chi connectivity index (χ3n) is 12.2. The molecule has 1 rings (SSSR count). The fourth-order valence-electron chi connectivity index (χ4n) is 8.26. The molecule has 1 aromatic heterocycles. The number of aliphatic hydroxyl groups excluding tert-OH is 1. The number of amides is 1. The zero-order chi connectivity index (χ0) is 45.0. The highest BCUT2D eigenvalue weighted by atomic mass is 16.5. The number of nitrogens with zero attached hydrogens (tertiary/aromatic N) is 2. The number of unbranched alkanes of at least 4 members (excludes halogenated alkanes) is 25. The van der Waals surface area contributed by atoms with Gasteiger partial charge in [0.1, 0.15) is 6.10 Å². The summed E-state index contributed by atoms with van der Waals surface area (Å²) in [5.41, 5.74) is 0. The summed E-state index contributed by atoms with van der Waals surface area (Å²) in [6.45, 7) is 10.3. The molecule has 0 fully saturated rings. The summed E-state index contributed by atoms with van der Waals surface area (Å²) >= 11 is 0. The number of ether oxygens (including phenoxy) is 2. The number of aromatic amines is 1. The largest absolute Gasteiger partial charge is 0.466 e. The van der Waals surface area contributed by atoms with Crippen LogP contribution >= 0.6 is 0 Å². The molecular formula is C52H98N4O6. The number of imidazole rings is 1. The summed E-state index contributed by atoms with van der Waals surface area (Å²) in [4.78, 5) is 46.5. The zero-order valence-corrected chi connectivity index (χ0v) is 40.7. The lowest BCUT2D eigenvalue weighted by Gasteiger charge is -2.25. The Kier molecular flexibility index (Phi) is 40.6. The molecule has 3 N–H and O–H groups in total. The van der Waals surface area contributed by atoms with Gasteiger partial charge >= 0.3 is 11.9 Å². The van der Waals surface area contributed by atoms with E-state index < -0.39 is 6.10 Å². The second kappa shape index (κ2) is 43.8. The number of aliphatic hydroxyl groups is 1. The fourth-order valence-corrected chi connectivity index (χ4v) is 8.26. The second-order valence-corrected chi connectivity index (χ2v) is 18.2. The van der Waals surface area contributed by atoms with E-state index in [0.29, 0.717) is 44.8 Å². The van der Waals surface area contributed by atoms with Crippen molar-refractivity contribution in [3.05, 3.63) is 18.2 Å². The quantitative estimate of drug-likeness (QED) is 0.0435. The van der Waals surface area contributed by atoms with E-state index in [4.69, 9.17) is 9.47 Å². The summed E-state index contributed by atoms with van der Waals surface area (Å²) in [5, 5.41) is 13.9. The number of hydrogen-bond donors (Lipinski definition) is 3. The van der Waals surface area contributed by atoms with Crippen molar-refractivity contribution in [1.82, 2.24) is 20.2 Å². The molecule has 0 aliphatic heterocycles. The summed E-state index contributed by atoms with van der Waals surface area (Å²) in [6, 6.07) is 0. The lowest BCUT2D eigenvalue weighted by Crippen LogP contribution is -2.34. The van der Waals surface area contributed by atoms with Crippen LogP contribution in [0.4, 0.5) is 0 Å². The number of aromatic nitrogens is 2. The first kappa shape index (κ1) is 57.6. The van der Waals surface area contributed by atoms with E-state index in [-0.39, 0.29) is 23.9 Å². The maximum atomic E-state index is 12.9. The van der Waals surface area contributed by atoms with E-state index in [2.05, 4.69) is 41.0 Å². The van der Waals surface area contributed by atoms with Gasteiger partial charge in [0.05, 0.1) is 12.7 Å². The third-order valence-corrected chi connectivity index (χ3v) is 12.2. The van der Waals surface area contributed by atoms with Gasteiger partial charge in [-0.1, -0.05) is 162 Å². The summed E-state index contributed by atoms with van der Waals surface area (Å²) in [5.74, 6) is 0.0149. The highest BCUT2D eigenvalue weighted by Crippen LogP contribution is 2.19. The Morgan fingerprint density at radius 2 is 1.06 bits per heavy atom. The monoisotopic (exact) mass is 875 g/mol. The molecule has 362 valence electrons. The van der Waals surface area contributed by atoms with E-state index in [1.165, 1.54) is 109 Å². The first-order chi connectivity index (χ1) is 30.4. The highest BCUT2D eigenvalue weighted by Gasteiger charge is 2.16. The predicted octanol–water partition coefficient (Wildman–Crippen LogP) is 13.4. The molecule has 0 bridgehead atoms. The molecule has 1 amide bonds. The van der Waals surface area contributed by atoms with E-state index in [0.717, 1.165) is 116 Å². The standard InChI is InChI=1S/C52H98N4O6/c1-4-7-10-13-16-17-18-24-34-45-61-49(58)38-29-25-33-44-56(46-47(57)35-30-31-40-55-52(60)51-53-41-42-54-51)43-32-23-19-22-28-39-50(59)62-48(36-26-20-14-11-8-5-2)37-27-21-15-12-9-6-3/h41-42,47-48,57H,4-40,43-46H2,1-3H3,(H,53,54)(H,55,60). The van der Waals surface area contributed by atoms with Gasteiger partial charge in [-0.25, -0.2) is 4.98 Å². The van der Waals surface area contributed by atoms with Crippen molar-refractivity contribution in [2.24, 2.45) is 0 Å². The number of carbonyl (C=O) groups excluding carboxylic acids is 3. The van der Waals surface area contributed by atoms with Gasteiger partial charge in [0.25, 0.3) is 5.91 Å². The Labute approximate surface area is 381 Å². The van der Waals surface area contributed by atoms with Gasteiger partial charge in [-0.3, -0.25) is 14.4 Å². The Morgan fingerprint density at radius 3 is 1.61 bits per heavy atom. The number of esters is 2. The van der Waals surface area contributed by atoms with Gasteiger partial charge in [-0.2, -0.15) is 0 Å². The predicted molar refractivity (Wildman–Crippen MR) is 257 cm³/mol. The molecule has 0 radical (unpaired) electrons. The molecule has 0 saturated carbocycles. The van der Waals surface area contributed by atoms with Crippen LogP contribution in [0.1, 0.15) is 263 Å². The van der Waals surface area contributed by atoms with E-state index in [1.807, 2.05) is 0 Å². The van der Waals surface area contributed by atoms with Crippen LogP contribution in [0, 0.1) is 0 Å². The number of H-pyrrole nitrogens is 1. The van der Waals surface area contributed by atoms with Crippen molar-refractivity contribution in [3.63, 3.8) is 0 Å². The first-order valence-corrected chi connectivity index (χ1v) is 26.4. The van der Waals surface area contributed by atoms with E-state index in [1.54, 1.807) is 12.4 Å². The van der Waals surface area contributed by atoms with Crippen LogP contribution in [0.25, 0.3) is 0 Å². The van der Waals surface area contributed by atoms with Gasteiger partial charge in [0, 0.05) is 38.3 Å². The zero-order valence-electron chi connectivity index (χ0n) is 40.7. The van der Waals surface area contributed by atoms with Crippen LogP contribution in [0.2, 0.25) is 0 Å². The molecule has 10 heteroatoms. The first-order valence-electron chi connectivity index (χ1n) is 26.4. The lowest BCUT2D eigenvalue weighted by molar-refractivity contribution is -0.150. The molecule has 0 aliphatic rings. The van der Waals surface area contributed by atoms with Crippen LogP contribution in [-0.4, -0.2) is 82.8 Å². The number of carbonyl (C=O) groups is 3. The van der Waals surface area contributed by atoms with Crippen molar-refractivity contribution >= 4 is 17.8 Å². The average molecular weight is 875 g/mol. The number of hydrogen-bond acceptors (Lipinski definition) is 8. The molecule has 62 heavy (non-hydrogen) atoms. The van der Waals surface area contributed by atoms with Crippen LogP contribution in [0.5, 0.6) is 0 Å². The summed E-state index contributed by atoms with van der Waals surface area (Å²) in [6.07, 6.45) is 42.5. The van der Waals surface area contributed by atoms with Gasteiger partial charge in [-0.05, 0) is 90.1 Å². The summed E-state index contributed by atoms with van der Waals surface area (Å²) in [7, 11) is 0. The van der Waals surface area contributed by atoms with Gasteiger partial charge in [0.15, 0.2) is 5.82 Å². The topological polar surface area (TPSA) is 134 Å². The maximum absolute atomic E-state index is 12.9. The van der Waals surface area contributed by atoms with Crippen molar-refractivity contribution in [1.29, 1.82) is 0 Å². The Bertz CT molecular complexity index is 1120. The second-order valence-electron chi connectivity index (χ2n) is 18.2. The van der Waals surface area contributed by atoms with Crippen molar-refractivity contribution in [2.75, 3.05) is 32.8 Å². The van der Waals surface area contributed by atoms with Crippen LogP contribution < -0.4 is 5.32 Å². The van der Waals surface area contributed by atoms with E-state index in [9.17, 15) is 19.5 Å². The van der Waals surface area contributed by atoms with Gasteiger partial charge in [0.2, 0.25) is 0 Å². The summed E-state index contributed by atoms with van der Waals surface area (Å²) < 4.78 is 11.6. The minimum absolute atomic E-state index is 0.0147. The maximum Gasteiger partial charge on any atom is 0.306 e. The Morgan fingerprint density at radius 1 is 0.597 bits per heavy atom. The lowest BCUT2D eigenvalue weighted by atomic mass is 10.0. The molecule has 1 unspecified atom stereocenters. The van der Waals surface area contributed by atoms with Crippen LogP contribution in [0.3, 0.4) is 0 Å². The molecule has 1 atom stereocenters. The molecular weight excluding hydrogens is 777 g/mol. The minimum Gasteiger partial charge on any atom is -0.466 e. The normalized spacial score (nSPS) is 12.0. The molecule has 1 heterocycles. The molecule has 0 aliphatic carbocycles.